The summed E-state index contributed by atoms with van der Waals surface area (Å²) in [4.78, 5) is 0. The van der Waals surface area contributed by atoms with E-state index >= 15 is 0 Å². The molecule has 118 valence electrons. The SMILES string of the molecule is C1=CC([C@@H](c2ccccc2)[C@H](c2ccccc2)C2C=CC=C2)C=C1. The quantitative estimate of drug-likeness (QED) is 0.631. The molecule has 2 aromatic carbocycles. The van der Waals surface area contributed by atoms with E-state index in [-0.39, 0.29) is 0 Å². The normalized spacial score (nSPS) is 19.2. The summed E-state index contributed by atoms with van der Waals surface area (Å²) < 4.78 is 0. The zero-order valence-corrected chi connectivity index (χ0v) is 13.7. The molecule has 24 heavy (non-hydrogen) atoms. The lowest BCUT2D eigenvalue weighted by atomic mass is 9.69. The number of hydrogen-bond acceptors (Lipinski definition) is 0. The number of allylic oxidation sites excluding steroid dienone is 8. The third-order valence-electron chi connectivity index (χ3n) is 5.14. The smallest absolute Gasteiger partial charge is 0.00277 e. The van der Waals surface area contributed by atoms with E-state index < -0.39 is 0 Å². The highest BCUT2D eigenvalue weighted by Gasteiger charge is 2.34. The molecule has 0 bridgehead atoms. The Bertz CT molecular complexity index is 684. The Morgan fingerprint density at radius 1 is 0.458 bits per heavy atom. The van der Waals surface area contributed by atoms with Gasteiger partial charge >= 0.3 is 0 Å². The summed E-state index contributed by atoms with van der Waals surface area (Å²) in [6, 6.07) is 22.0. The van der Waals surface area contributed by atoms with Gasteiger partial charge < -0.3 is 0 Å². The fourth-order valence-electron chi connectivity index (χ4n) is 4.07. The van der Waals surface area contributed by atoms with Crippen molar-refractivity contribution in [1.82, 2.24) is 0 Å². The standard InChI is InChI=1S/C24H22/c1-3-11-19(12-4-1)23(21-15-7-8-16-21)24(22-17-9-10-18-22)20-13-5-2-6-14-20/h1-18,21-24H/t23-,24-/m1/s1. The molecule has 0 unspecified atom stereocenters. The van der Waals surface area contributed by atoms with E-state index in [2.05, 4.69) is 109 Å². The highest BCUT2D eigenvalue weighted by atomic mass is 14.4. The van der Waals surface area contributed by atoms with Crippen molar-refractivity contribution in [3.05, 3.63) is 120 Å². The van der Waals surface area contributed by atoms with E-state index in [1.807, 2.05) is 0 Å². The second-order valence-electron chi connectivity index (χ2n) is 6.57. The largest absolute Gasteiger partial charge is 0.0770 e. The van der Waals surface area contributed by atoms with Crippen LogP contribution in [0.1, 0.15) is 23.0 Å². The first-order valence-electron chi connectivity index (χ1n) is 8.73. The molecule has 0 spiro atoms. The molecule has 0 fully saturated rings. The van der Waals surface area contributed by atoms with Crippen LogP contribution in [-0.2, 0) is 0 Å². The highest BCUT2D eigenvalue weighted by Crippen LogP contribution is 2.46. The molecule has 4 rings (SSSR count). The fraction of sp³-hybridized carbons (Fsp3) is 0.167. The number of benzene rings is 2. The number of hydrogen-bond donors (Lipinski definition) is 0. The topological polar surface area (TPSA) is 0 Å². The Kier molecular flexibility index (Phi) is 4.29. The first-order chi connectivity index (χ1) is 11.9. The van der Waals surface area contributed by atoms with E-state index in [9.17, 15) is 0 Å². The van der Waals surface area contributed by atoms with Gasteiger partial charge in [0.25, 0.3) is 0 Å². The maximum Gasteiger partial charge on any atom is 0.00277 e. The van der Waals surface area contributed by atoms with Gasteiger partial charge in [-0.2, -0.15) is 0 Å². The lowest BCUT2D eigenvalue weighted by Crippen LogP contribution is -2.22. The van der Waals surface area contributed by atoms with E-state index in [0.29, 0.717) is 23.7 Å². The Balaban J connectivity index is 1.82. The third kappa shape index (κ3) is 2.92. The van der Waals surface area contributed by atoms with Gasteiger partial charge in [0.15, 0.2) is 0 Å². The van der Waals surface area contributed by atoms with Crippen LogP contribution in [0, 0.1) is 11.8 Å². The van der Waals surface area contributed by atoms with Crippen LogP contribution in [-0.4, -0.2) is 0 Å². The van der Waals surface area contributed by atoms with Crippen LogP contribution in [0.25, 0.3) is 0 Å². The van der Waals surface area contributed by atoms with E-state index in [0.717, 1.165) is 0 Å². The summed E-state index contributed by atoms with van der Waals surface area (Å²) in [5.41, 5.74) is 2.84. The van der Waals surface area contributed by atoms with Crippen LogP contribution in [0.15, 0.2) is 109 Å². The molecule has 0 nitrogen and oxygen atoms in total. The van der Waals surface area contributed by atoms with Crippen molar-refractivity contribution in [3.8, 4) is 0 Å². The monoisotopic (exact) mass is 310 g/mol. The summed E-state index contributed by atoms with van der Waals surface area (Å²) in [5.74, 6) is 1.75. The zero-order chi connectivity index (χ0) is 16.2. The van der Waals surface area contributed by atoms with Gasteiger partial charge in [0.1, 0.15) is 0 Å². The molecule has 2 aliphatic carbocycles. The van der Waals surface area contributed by atoms with Crippen LogP contribution in [0.3, 0.4) is 0 Å². The van der Waals surface area contributed by atoms with Crippen molar-refractivity contribution < 1.29 is 0 Å². The minimum atomic E-state index is 0.431. The predicted octanol–water partition coefficient (Wildman–Crippen LogP) is 6.04. The summed E-state index contributed by atoms with van der Waals surface area (Å²) in [7, 11) is 0. The van der Waals surface area contributed by atoms with Crippen molar-refractivity contribution in [2.75, 3.05) is 0 Å². The molecule has 2 atom stereocenters. The van der Waals surface area contributed by atoms with Gasteiger partial charge in [-0.1, -0.05) is 109 Å². The van der Waals surface area contributed by atoms with Crippen molar-refractivity contribution in [2.45, 2.75) is 11.8 Å². The highest BCUT2D eigenvalue weighted by molar-refractivity contribution is 5.38. The molecule has 0 heterocycles. The molecule has 0 aromatic heterocycles. The first kappa shape index (κ1) is 15.0. The third-order valence-corrected chi connectivity index (χ3v) is 5.14. The maximum absolute atomic E-state index is 2.34. The Hall–Kier alpha value is -2.60. The molecule has 0 radical (unpaired) electrons. The Labute approximate surface area is 144 Å². The second-order valence-corrected chi connectivity index (χ2v) is 6.57. The predicted molar refractivity (Wildman–Crippen MR) is 102 cm³/mol. The lowest BCUT2D eigenvalue weighted by molar-refractivity contribution is 0.437. The molecule has 0 saturated carbocycles. The van der Waals surface area contributed by atoms with Crippen molar-refractivity contribution in [2.24, 2.45) is 11.8 Å². The van der Waals surface area contributed by atoms with Crippen LogP contribution in [0.4, 0.5) is 0 Å². The summed E-state index contributed by atoms with van der Waals surface area (Å²) in [5, 5.41) is 0. The lowest BCUT2D eigenvalue weighted by Gasteiger charge is -2.34. The molecule has 2 aromatic rings. The fourth-order valence-corrected chi connectivity index (χ4v) is 4.07. The average molecular weight is 310 g/mol. The molecule has 2 aliphatic rings. The van der Waals surface area contributed by atoms with Crippen LogP contribution < -0.4 is 0 Å². The minimum absolute atomic E-state index is 0.431. The summed E-state index contributed by atoms with van der Waals surface area (Å²) in [6.07, 6.45) is 18.1. The molecule has 0 N–H and O–H groups in total. The van der Waals surface area contributed by atoms with E-state index in [1.165, 1.54) is 11.1 Å². The van der Waals surface area contributed by atoms with Crippen LogP contribution in [0.2, 0.25) is 0 Å². The van der Waals surface area contributed by atoms with Gasteiger partial charge in [0.2, 0.25) is 0 Å². The molecular formula is C24H22. The second kappa shape index (κ2) is 6.88. The maximum atomic E-state index is 2.34. The Morgan fingerprint density at radius 3 is 1.12 bits per heavy atom. The Morgan fingerprint density at radius 2 is 0.792 bits per heavy atom. The van der Waals surface area contributed by atoms with Crippen LogP contribution >= 0.6 is 0 Å². The molecular weight excluding hydrogens is 288 g/mol. The van der Waals surface area contributed by atoms with Gasteiger partial charge in [-0.25, -0.2) is 0 Å². The molecule has 0 amide bonds. The molecule has 0 aliphatic heterocycles. The first-order valence-corrected chi connectivity index (χ1v) is 8.73. The van der Waals surface area contributed by atoms with Crippen molar-refractivity contribution in [3.63, 3.8) is 0 Å². The van der Waals surface area contributed by atoms with Crippen molar-refractivity contribution >= 4 is 0 Å². The average Bonchev–Trinajstić information content (AvgIpc) is 3.35. The minimum Gasteiger partial charge on any atom is -0.0770 e. The number of rotatable bonds is 5. The van der Waals surface area contributed by atoms with E-state index in [4.69, 9.17) is 0 Å². The van der Waals surface area contributed by atoms with Crippen molar-refractivity contribution in [1.29, 1.82) is 0 Å². The van der Waals surface area contributed by atoms with E-state index in [1.54, 1.807) is 0 Å². The zero-order valence-electron chi connectivity index (χ0n) is 13.7. The molecule has 0 heteroatoms. The van der Waals surface area contributed by atoms with Gasteiger partial charge in [-0.3, -0.25) is 0 Å². The van der Waals surface area contributed by atoms with Gasteiger partial charge in [0, 0.05) is 23.7 Å². The summed E-state index contributed by atoms with van der Waals surface area (Å²) in [6.45, 7) is 0. The van der Waals surface area contributed by atoms with Crippen LogP contribution in [0.5, 0.6) is 0 Å². The summed E-state index contributed by atoms with van der Waals surface area (Å²) >= 11 is 0. The van der Waals surface area contributed by atoms with Gasteiger partial charge in [-0.15, -0.1) is 0 Å². The van der Waals surface area contributed by atoms with Gasteiger partial charge in [0.05, 0.1) is 0 Å². The molecule has 0 saturated heterocycles. The van der Waals surface area contributed by atoms with Gasteiger partial charge in [-0.05, 0) is 11.1 Å².